The van der Waals surface area contributed by atoms with Gasteiger partial charge >= 0.3 is 0 Å². The Labute approximate surface area is 112 Å². The Hall–Kier alpha value is -1.66. The maximum absolute atomic E-state index is 12.5. The number of aliphatic hydroxyl groups is 1. The summed E-state index contributed by atoms with van der Waals surface area (Å²) in [6, 6.07) is 1.75. The van der Waals surface area contributed by atoms with Crippen LogP contribution in [0.5, 0.6) is 0 Å². The number of aryl methyl sites for hydroxylation is 1. The Bertz CT molecular complexity index is 464. The monoisotopic (exact) mass is 264 g/mol. The van der Waals surface area contributed by atoms with Gasteiger partial charge in [0.05, 0.1) is 11.3 Å². The number of anilines is 1. The number of hydrazine groups is 1. The number of likely N-dealkylation sites (tertiary alicyclic amines) is 1. The van der Waals surface area contributed by atoms with Crippen molar-refractivity contribution in [3.05, 3.63) is 23.5 Å². The quantitative estimate of drug-likeness (QED) is 0.547. The van der Waals surface area contributed by atoms with Gasteiger partial charge in [-0.15, -0.1) is 0 Å². The van der Waals surface area contributed by atoms with E-state index in [1.165, 1.54) is 0 Å². The first-order chi connectivity index (χ1) is 9.15. The molecule has 1 unspecified atom stereocenters. The molecule has 0 radical (unpaired) electrons. The Morgan fingerprint density at radius 1 is 1.68 bits per heavy atom. The number of aliphatic hydroxyl groups excluding tert-OH is 1. The Kier molecular flexibility index (Phi) is 4.34. The van der Waals surface area contributed by atoms with Crippen molar-refractivity contribution in [1.29, 1.82) is 0 Å². The number of rotatable bonds is 3. The molecule has 104 valence electrons. The lowest BCUT2D eigenvalue weighted by molar-refractivity contribution is 0.0621. The molecule has 1 aliphatic rings. The molecule has 4 N–H and O–H groups in total. The van der Waals surface area contributed by atoms with Crippen molar-refractivity contribution in [2.24, 2.45) is 11.8 Å². The van der Waals surface area contributed by atoms with Crippen LogP contribution in [0.4, 0.5) is 5.69 Å². The van der Waals surface area contributed by atoms with Crippen molar-refractivity contribution < 1.29 is 9.90 Å². The van der Waals surface area contributed by atoms with Crippen LogP contribution in [-0.4, -0.2) is 40.6 Å². The second-order valence-electron chi connectivity index (χ2n) is 4.96. The summed E-state index contributed by atoms with van der Waals surface area (Å²) in [5, 5.41) is 9.22. The van der Waals surface area contributed by atoms with Gasteiger partial charge in [0.25, 0.3) is 5.91 Å². The number of aromatic nitrogens is 1. The minimum absolute atomic E-state index is 0.0846. The van der Waals surface area contributed by atoms with Gasteiger partial charge < -0.3 is 15.4 Å². The van der Waals surface area contributed by atoms with E-state index in [1.54, 1.807) is 17.2 Å². The summed E-state index contributed by atoms with van der Waals surface area (Å²) < 4.78 is 0. The first-order valence-corrected chi connectivity index (χ1v) is 6.49. The number of amides is 1. The van der Waals surface area contributed by atoms with E-state index in [1.807, 2.05) is 6.92 Å². The lowest BCUT2D eigenvalue weighted by Gasteiger charge is -2.32. The van der Waals surface area contributed by atoms with E-state index in [0.717, 1.165) is 18.5 Å². The van der Waals surface area contributed by atoms with Gasteiger partial charge in [-0.3, -0.25) is 15.6 Å². The Balaban J connectivity index is 2.19. The summed E-state index contributed by atoms with van der Waals surface area (Å²) in [6.45, 7) is 3.27. The molecule has 1 fully saturated rings. The number of nitrogen functional groups attached to an aromatic ring is 1. The fourth-order valence-electron chi connectivity index (χ4n) is 2.42. The van der Waals surface area contributed by atoms with Crippen LogP contribution >= 0.6 is 0 Å². The molecule has 1 aliphatic heterocycles. The van der Waals surface area contributed by atoms with Crippen molar-refractivity contribution in [2.45, 2.75) is 19.8 Å². The third-order valence-electron chi connectivity index (χ3n) is 3.49. The van der Waals surface area contributed by atoms with Gasteiger partial charge in [0.2, 0.25) is 0 Å². The first kappa shape index (κ1) is 13.8. The van der Waals surface area contributed by atoms with Crippen LogP contribution < -0.4 is 11.3 Å². The third-order valence-corrected chi connectivity index (χ3v) is 3.49. The van der Waals surface area contributed by atoms with Gasteiger partial charge in [-0.25, -0.2) is 0 Å². The molecule has 0 spiro atoms. The van der Waals surface area contributed by atoms with Crippen LogP contribution in [0.15, 0.2) is 12.3 Å². The highest BCUT2D eigenvalue weighted by Crippen LogP contribution is 2.21. The van der Waals surface area contributed by atoms with Crippen molar-refractivity contribution in [3.8, 4) is 0 Å². The molecular weight excluding hydrogens is 244 g/mol. The Morgan fingerprint density at radius 2 is 2.47 bits per heavy atom. The van der Waals surface area contributed by atoms with E-state index >= 15 is 0 Å². The number of pyridine rings is 1. The molecule has 0 saturated carbocycles. The Morgan fingerprint density at radius 3 is 3.16 bits per heavy atom. The highest BCUT2D eigenvalue weighted by atomic mass is 16.3. The van der Waals surface area contributed by atoms with Gasteiger partial charge in [0.15, 0.2) is 0 Å². The van der Waals surface area contributed by atoms with E-state index < -0.39 is 0 Å². The predicted molar refractivity (Wildman–Crippen MR) is 72.5 cm³/mol. The lowest BCUT2D eigenvalue weighted by Crippen LogP contribution is -2.41. The third kappa shape index (κ3) is 3.02. The van der Waals surface area contributed by atoms with Crippen LogP contribution in [0.25, 0.3) is 0 Å². The standard InChI is InChI=1S/C13H20N4O2/c1-9-5-12(16-14)11(6-15-9)13(19)17-4-2-3-10(7-17)8-18/h5-6,10,18H,2-4,7-8,14H2,1H3,(H,15,16). The average molecular weight is 264 g/mol. The van der Waals surface area contributed by atoms with Crippen molar-refractivity contribution in [3.63, 3.8) is 0 Å². The molecule has 1 saturated heterocycles. The lowest BCUT2D eigenvalue weighted by atomic mass is 9.98. The zero-order chi connectivity index (χ0) is 13.8. The zero-order valence-electron chi connectivity index (χ0n) is 11.1. The van der Waals surface area contributed by atoms with Crippen LogP contribution in [0.2, 0.25) is 0 Å². The molecule has 0 bridgehead atoms. The van der Waals surface area contributed by atoms with E-state index in [0.29, 0.717) is 24.3 Å². The molecule has 0 aliphatic carbocycles. The van der Waals surface area contributed by atoms with Crippen LogP contribution in [0.1, 0.15) is 28.9 Å². The highest BCUT2D eigenvalue weighted by Gasteiger charge is 2.25. The fourth-order valence-corrected chi connectivity index (χ4v) is 2.42. The van der Waals surface area contributed by atoms with Crippen molar-refractivity contribution in [2.75, 3.05) is 25.1 Å². The number of carbonyl (C=O) groups excluding carboxylic acids is 1. The smallest absolute Gasteiger partial charge is 0.257 e. The molecular formula is C13H20N4O2. The van der Waals surface area contributed by atoms with Crippen LogP contribution in [0, 0.1) is 12.8 Å². The normalized spacial score (nSPS) is 19.3. The van der Waals surface area contributed by atoms with Crippen molar-refractivity contribution >= 4 is 11.6 Å². The summed E-state index contributed by atoms with van der Waals surface area (Å²) >= 11 is 0. The van der Waals surface area contributed by atoms with E-state index in [9.17, 15) is 9.90 Å². The van der Waals surface area contributed by atoms with Gasteiger partial charge in [0.1, 0.15) is 0 Å². The topological polar surface area (TPSA) is 91.5 Å². The molecule has 19 heavy (non-hydrogen) atoms. The SMILES string of the molecule is Cc1cc(NN)c(C(=O)N2CCCC(CO)C2)cn1. The number of piperidine rings is 1. The molecule has 2 rings (SSSR count). The van der Waals surface area contributed by atoms with Gasteiger partial charge in [0, 0.05) is 31.6 Å². The van der Waals surface area contributed by atoms with E-state index in [2.05, 4.69) is 10.4 Å². The molecule has 6 nitrogen and oxygen atoms in total. The number of hydrogen-bond donors (Lipinski definition) is 3. The fraction of sp³-hybridized carbons (Fsp3) is 0.538. The van der Waals surface area contributed by atoms with Crippen LogP contribution in [0.3, 0.4) is 0 Å². The summed E-state index contributed by atoms with van der Waals surface area (Å²) in [7, 11) is 0. The van der Waals surface area contributed by atoms with Gasteiger partial charge in [-0.2, -0.15) is 0 Å². The van der Waals surface area contributed by atoms with Crippen molar-refractivity contribution in [1.82, 2.24) is 9.88 Å². The summed E-state index contributed by atoms with van der Waals surface area (Å²) in [5.74, 6) is 5.54. The molecule has 1 atom stereocenters. The number of nitrogens with one attached hydrogen (secondary N) is 1. The zero-order valence-corrected chi connectivity index (χ0v) is 11.1. The minimum atomic E-state index is -0.0846. The van der Waals surface area contributed by atoms with Crippen LogP contribution in [-0.2, 0) is 0 Å². The maximum atomic E-state index is 12.5. The molecule has 1 amide bonds. The largest absolute Gasteiger partial charge is 0.396 e. The molecule has 1 aromatic heterocycles. The van der Waals surface area contributed by atoms with Gasteiger partial charge in [-0.05, 0) is 31.7 Å². The summed E-state index contributed by atoms with van der Waals surface area (Å²) in [6.07, 6.45) is 3.44. The molecule has 0 aromatic carbocycles. The summed E-state index contributed by atoms with van der Waals surface area (Å²) in [5.41, 5.74) is 4.41. The second kappa shape index (κ2) is 5.99. The van der Waals surface area contributed by atoms with E-state index in [-0.39, 0.29) is 18.4 Å². The highest BCUT2D eigenvalue weighted by molar-refractivity contribution is 5.99. The molecule has 6 heteroatoms. The number of nitrogens with two attached hydrogens (primary N) is 1. The summed E-state index contributed by atoms with van der Waals surface area (Å²) in [4.78, 5) is 18.4. The first-order valence-electron chi connectivity index (χ1n) is 6.49. The number of nitrogens with zero attached hydrogens (tertiary/aromatic N) is 2. The number of carbonyl (C=O) groups is 1. The maximum Gasteiger partial charge on any atom is 0.257 e. The van der Waals surface area contributed by atoms with E-state index in [4.69, 9.17) is 5.84 Å². The molecule has 2 heterocycles. The second-order valence-corrected chi connectivity index (χ2v) is 4.96. The molecule has 1 aromatic rings. The predicted octanol–water partition coefficient (Wildman–Crippen LogP) is 0.520. The van der Waals surface area contributed by atoms with Gasteiger partial charge in [-0.1, -0.05) is 0 Å². The average Bonchev–Trinajstić information content (AvgIpc) is 2.46. The minimum Gasteiger partial charge on any atom is -0.396 e. The number of hydrogen-bond acceptors (Lipinski definition) is 5.